The first-order valence-electron chi connectivity index (χ1n) is 8.66. The van der Waals surface area contributed by atoms with Gasteiger partial charge in [-0.25, -0.2) is 8.78 Å². The predicted octanol–water partition coefficient (Wildman–Crippen LogP) is 6.67. The number of alkyl halides is 1. The quantitative estimate of drug-likeness (QED) is 0.242. The molecule has 0 radical (unpaired) electrons. The minimum Gasteiger partial charge on any atom is -0.241 e. The number of rotatable bonds is 5. The molecule has 0 N–H and O–H groups in total. The van der Waals surface area contributed by atoms with E-state index in [0.717, 1.165) is 11.3 Å². The third-order valence-electron chi connectivity index (χ3n) is 3.34. The smallest absolute Gasteiger partial charge is 0.139 e. The number of unbranched alkanes of at least 4 members (excludes halogenated alkanes) is 1. The molecule has 0 aromatic heterocycles. The molecular weight excluding hydrogens is 368 g/mol. The molecule has 0 saturated carbocycles. The van der Waals surface area contributed by atoms with Gasteiger partial charge < -0.3 is 0 Å². The Hall–Kier alpha value is -1.69. The van der Waals surface area contributed by atoms with Gasteiger partial charge in [0.05, 0.1) is 0 Å². The Morgan fingerprint density at radius 1 is 1.15 bits per heavy atom. The highest BCUT2D eigenvalue weighted by Crippen LogP contribution is 2.31. The van der Waals surface area contributed by atoms with Gasteiger partial charge in [-0.15, -0.1) is 11.8 Å². The van der Waals surface area contributed by atoms with Crippen LogP contribution in [0.5, 0.6) is 0 Å². The van der Waals surface area contributed by atoms with Crippen LogP contribution in [0, 0.1) is 22.5 Å². The summed E-state index contributed by atoms with van der Waals surface area (Å²) in [5.74, 6) is 6.15. The number of hydrogen-bond acceptors (Lipinski definition) is 3. The summed E-state index contributed by atoms with van der Waals surface area (Å²) in [5, 5.41) is 9.20. The zero-order valence-electron chi connectivity index (χ0n) is 15.3. The van der Waals surface area contributed by atoms with Gasteiger partial charge in [0.1, 0.15) is 22.6 Å². The summed E-state index contributed by atoms with van der Waals surface area (Å²) in [6.45, 7) is 6.17. The highest BCUT2D eigenvalue weighted by atomic mass is 32.2. The molecule has 0 aliphatic heterocycles. The fraction of sp³-hybridized carbons (Fsp3) is 0.381. The molecule has 2 atom stereocenters. The van der Waals surface area contributed by atoms with Crippen molar-refractivity contribution >= 4 is 23.5 Å². The number of allylic oxidation sites excluding steroid dienone is 3. The maximum atomic E-state index is 13.9. The molecular formula is C21H23F2NS2. The van der Waals surface area contributed by atoms with E-state index in [2.05, 4.69) is 18.8 Å². The number of thiocyanates is 1. The topological polar surface area (TPSA) is 23.8 Å². The largest absolute Gasteiger partial charge is 0.241 e. The molecule has 1 aromatic carbocycles. The lowest BCUT2D eigenvalue weighted by atomic mass is 10.0. The summed E-state index contributed by atoms with van der Waals surface area (Å²) in [5.41, 5.74) is 1.10. The Labute approximate surface area is 163 Å². The van der Waals surface area contributed by atoms with Crippen LogP contribution in [0.3, 0.4) is 0 Å². The number of nitriles is 1. The van der Waals surface area contributed by atoms with Crippen LogP contribution in [-0.2, 0) is 0 Å². The molecule has 0 spiro atoms. The van der Waals surface area contributed by atoms with E-state index in [1.165, 1.54) is 29.9 Å². The van der Waals surface area contributed by atoms with Crippen molar-refractivity contribution in [1.82, 2.24) is 0 Å². The Kier molecular flexibility index (Phi) is 10.9. The van der Waals surface area contributed by atoms with Crippen molar-refractivity contribution in [3.8, 4) is 17.2 Å². The first-order valence-corrected chi connectivity index (χ1v) is 10.5. The van der Waals surface area contributed by atoms with Gasteiger partial charge in [-0.3, -0.25) is 0 Å². The van der Waals surface area contributed by atoms with Crippen LogP contribution < -0.4 is 0 Å². The zero-order valence-corrected chi connectivity index (χ0v) is 16.9. The lowest BCUT2D eigenvalue weighted by Crippen LogP contribution is -2.20. The summed E-state index contributed by atoms with van der Waals surface area (Å²) in [4.78, 5) is 1.19. The fourth-order valence-electron chi connectivity index (χ4n) is 2.06. The molecule has 0 saturated heterocycles. The molecule has 2 unspecified atom stereocenters. The number of nitrogens with zero attached hydrogens (tertiary/aromatic N) is 1. The zero-order chi connectivity index (χ0) is 19.4. The normalized spacial score (nSPS) is 18.3. The van der Waals surface area contributed by atoms with E-state index in [1.54, 1.807) is 5.40 Å². The summed E-state index contributed by atoms with van der Waals surface area (Å²) in [6, 6.07) is 7.83. The van der Waals surface area contributed by atoms with Crippen molar-refractivity contribution < 1.29 is 8.78 Å². The van der Waals surface area contributed by atoms with Crippen molar-refractivity contribution in [2.45, 2.75) is 49.9 Å². The van der Waals surface area contributed by atoms with Crippen LogP contribution in [0.25, 0.3) is 0 Å². The highest BCUT2D eigenvalue weighted by Gasteiger charge is 2.28. The molecule has 1 aliphatic rings. The Morgan fingerprint density at radius 2 is 1.85 bits per heavy atom. The minimum absolute atomic E-state index is 0.302. The molecule has 0 fully saturated rings. The van der Waals surface area contributed by atoms with Gasteiger partial charge in [0.15, 0.2) is 0 Å². The van der Waals surface area contributed by atoms with Gasteiger partial charge in [0.2, 0.25) is 0 Å². The van der Waals surface area contributed by atoms with Gasteiger partial charge in [-0.2, -0.15) is 5.26 Å². The van der Waals surface area contributed by atoms with Crippen molar-refractivity contribution in [3.63, 3.8) is 0 Å². The van der Waals surface area contributed by atoms with E-state index < -0.39 is 17.2 Å². The van der Waals surface area contributed by atoms with Gasteiger partial charge >= 0.3 is 0 Å². The SMILES string of the molecule is CC.CCCCSc1ccc(C#CC2=CC(F)C(SC#N)C(F)=C2)cc1. The molecule has 5 heteroatoms. The third kappa shape index (κ3) is 7.28. The second-order valence-corrected chi connectivity index (χ2v) is 7.30. The van der Waals surface area contributed by atoms with E-state index in [0.29, 0.717) is 17.3 Å². The molecule has 26 heavy (non-hydrogen) atoms. The number of hydrogen-bond donors (Lipinski definition) is 0. The molecule has 1 nitrogen and oxygen atoms in total. The van der Waals surface area contributed by atoms with Crippen molar-refractivity contribution in [3.05, 3.63) is 53.4 Å². The predicted molar refractivity (Wildman–Crippen MR) is 109 cm³/mol. The second-order valence-electron chi connectivity index (χ2n) is 5.20. The minimum atomic E-state index is -1.54. The third-order valence-corrected chi connectivity index (χ3v) is 5.29. The summed E-state index contributed by atoms with van der Waals surface area (Å²) >= 11 is 2.40. The van der Waals surface area contributed by atoms with Gasteiger partial charge in [0, 0.05) is 16.0 Å². The first kappa shape index (κ1) is 22.4. The summed E-state index contributed by atoms with van der Waals surface area (Å²) in [6.07, 6.45) is 3.29. The van der Waals surface area contributed by atoms with Crippen LogP contribution in [0.2, 0.25) is 0 Å². The van der Waals surface area contributed by atoms with Gasteiger partial charge in [-0.05, 0) is 60.4 Å². The van der Waals surface area contributed by atoms with Crippen molar-refractivity contribution in [2.75, 3.05) is 5.75 Å². The monoisotopic (exact) mass is 391 g/mol. The molecule has 2 rings (SSSR count). The highest BCUT2D eigenvalue weighted by molar-refractivity contribution is 8.04. The summed E-state index contributed by atoms with van der Waals surface area (Å²) in [7, 11) is 0. The van der Waals surface area contributed by atoms with Crippen LogP contribution in [-0.4, -0.2) is 17.2 Å². The average Bonchev–Trinajstić information content (AvgIpc) is 2.66. The molecule has 0 heterocycles. The second kappa shape index (κ2) is 12.6. The first-order chi connectivity index (χ1) is 12.6. The molecule has 1 aromatic rings. The maximum absolute atomic E-state index is 13.9. The summed E-state index contributed by atoms with van der Waals surface area (Å²) < 4.78 is 27.7. The number of benzene rings is 1. The Morgan fingerprint density at radius 3 is 2.42 bits per heavy atom. The number of thioether (sulfide) groups is 2. The maximum Gasteiger partial charge on any atom is 0.139 e. The van der Waals surface area contributed by atoms with E-state index in [-0.39, 0.29) is 0 Å². The molecule has 1 aliphatic carbocycles. The Bertz CT molecular complexity index is 721. The van der Waals surface area contributed by atoms with E-state index in [4.69, 9.17) is 5.26 Å². The van der Waals surface area contributed by atoms with Crippen LogP contribution in [0.4, 0.5) is 8.78 Å². The van der Waals surface area contributed by atoms with E-state index >= 15 is 0 Å². The van der Waals surface area contributed by atoms with E-state index in [9.17, 15) is 8.78 Å². The standard InChI is InChI=1S/C19H17F2NS2.C2H6/c1-2-3-10-23-16-8-6-14(7-9-16)4-5-15-11-17(20)19(24-13-22)18(21)12-15;1-2/h6-9,11-12,17,19H,2-3,10H2,1H3;1-2H3. The lowest BCUT2D eigenvalue weighted by Gasteiger charge is -2.17. The van der Waals surface area contributed by atoms with Crippen LogP contribution in [0.15, 0.2) is 52.7 Å². The van der Waals surface area contributed by atoms with Crippen molar-refractivity contribution in [1.29, 1.82) is 5.26 Å². The molecule has 138 valence electrons. The van der Waals surface area contributed by atoms with E-state index in [1.807, 2.05) is 49.9 Å². The number of halogens is 2. The fourth-order valence-corrected chi connectivity index (χ4v) is 3.56. The molecule has 0 amide bonds. The lowest BCUT2D eigenvalue weighted by molar-refractivity contribution is 0.377. The van der Waals surface area contributed by atoms with Gasteiger partial charge in [-0.1, -0.05) is 39.0 Å². The van der Waals surface area contributed by atoms with Crippen LogP contribution in [0.1, 0.15) is 39.2 Å². The molecule has 0 bridgehead atoms. The van der Waals surface area contributed by atoms with Crippen LogP contribution >= 0.6 is 23.5 Å². The Balaban J connectivity index is 0.00000163. The van der Waals surface area contributed by atoms with Gasteiger partial charge in [0.25, 0.3) is 0 Å². The average molecular weight is 392 g/mol. The van der Waals surface area contributed by atoms with Crippen molar-refractivity contribution in [2.24, 2.45) is 0 Å².